The van der Waals surface area contributed by atoms with Crippen molar-refractivity contribution in [2.45, 2.75) is 38.4 Å². The molecule has 226 valence electrons. The Morgan fingerprint density at radius 2 is 1.52 bits per heavy atom. The molecule has 0 bridgehead atoms. The van der Waals surface area contributed by atoms with E-state index >= 15 is 0 Å². The molecule has 0 radical (unpaired) electrons. The number of benzene rings is 3. The standard InChI is InChI=1S/C27H32N4O3S.C2HF3O2/c1-19-15-20(2)26(21(3)16-19)35(33,34)30-24-17-23(9-10-25(24)31-13-11-28-12-14-31)27(32)29-18-22-7-5-4-6-8-22;3-2(4,5)1(6)7/h4-10,15-17,28,30H,11-14,18H2,1-3H3,(H,29,32);(H,6,7). The van der Waals surface area contributed by atoms with E-state index in [1.165, 1.54) is 0 Å². The maximum absolute atomic E-state index is 13.5. The summed E-state index contributed by atoms with van der Waals surface area (Å²) in [6.45, 7) is 9.06. The lowest BCUT2D eigenvalue weighted by Gasteiger charge is -2.31. The molecule has 4 N–H and O–H groups in total. The first kappa shape index (κ1) is 32.4. The zero-order chi connectivity index (χ0) is 31.1. The number of rotatable bonds is 7. The summed E-state index contributed by atoms with van der Waals surface area (Å²) < 4.78 is 61.6. The third-order valence-corrected chi connectivity index (χ3v) is 8.04. The van der Waals surface area contributed by atoms with Crippen molar-refractivity contribution in [1.82, 2.24) is 10.6 Å². The van der Waals surface area contributed by atoms with Crippen LogP contribution in [0.2, 0.25) is 0 Å². The van der Waals surface area contributed by atoms with E-state index in [0.29, 0.717) is 28.9 Å². The average molecular weight is 607 g/mol. The number of piperazine rings is 1. The maximum atomic E-state index is 13.5. The Balaban J connectivity index is 0.000000616. The van der Waals surface area contributed by atoms with Gasteiger partial charge in [-0.2, -0.15) is 13.2 Å². The number of carbonyl (C=O) groups is 2. The Hall–Kier alpha value is -4.10. The number of nitrogens with zero attached hydrogens (tertiary/aromatic N) is 1. The summed E-state index contributed by atoms with van der Waals surface area (Å²) in [6.07, 6.45) is -5.08. The molecular formula is C29H33F3N4O5S. The number of carboxylic acids is 1. The van der Waals surface area contributed by atoms with Crippen LogP contribution in [-0.2, 0) is 21.4 Å². The first-order valence-electron chi connectivity index (χ1n) is 13.0. The minimum Gasteiger partial charge on any atom is -0.475 e. The van der Waals surface area contributed by atoms with E-state index < -0.39 is 22.2 Å². The van der Waals surface area contributed by atoms with Crippen LogP contribution >= 0.6 is 0 Å². The number of nitrogens with one attached hydrogen (secondary N) is 3. The minimum atomic E-state index is -5.08. The lowest BCUT2D eigenvalue weighted by molar-refractivity contribution is -0.192. The van der Waals surface area contributed by atoms with Gasteiger partial charge < -0.3 is 20.6 Å². The van der Waals surface area contributed by atoms with Crippen LogP contribution in [0.15, 0.2) is 65.6 Å². The Labute approximate surface area is 242 Å². The molecule has 1 amide bonds. The second-order valence-corrected chi connectivity index (χ2v) is 11.4. The molecule has 0 unspecified atom stereocenters. The molecule has 3 aromatic rings. The number of sulfonamides is 1. The molecule has 1 saturated heterocycles. The molecule has 0 saturated carbocycles. The van der Waals surface area contributed by atoms with Crippen molar-refractivity contribution in [3.05, 3.63) is 88.5 Å². The molecule has 4 rings (SSSR count). The second-order valence-electron chi connectivity index (χ2n) is 9.77. The Morgan fingerprint density at radius 3 is 2.07 bits per heavy atom. The fourth-order valence-electron chi connectivity index (χ4n) is 4.61. The molecule has 1 heterocycles. The van der Waals surface area contributed by atoms with Crippen molar-refractivity contribution in [1.29, 1.82) is 0 Å². The summed E-state index contributed by atoms with van der Waals surface area (Å²) in [6, 6.07) is 18.6. The van der Waals surface area contributed by atoms with Gasteiger partial charge in [-0.15, -0.1) is 0 Å². The zero-order valence-electron chi connectivity index (χ0n) is 23.4. The van der Waals surface area contributed by atoms with E-state index in [0.717, 1.165) is 43.0 Å². The minimum absolute atomic E-state index is 0.260. The van der Waals surface area contributed by atoms with Crippen LogP contribution < -0.4 is 20.3 Å². The summed E-state index contributed by atoms with van der Waals surface area (Å²) in [4.78, 5) is 24.2. The number of amides is 1. The van der Waals surface area contributed by atoms with E-state index in [9.17, 15) is 26.4 Å². The quantitative estimate of drug-likeness (QED) is 0.314. The van der Waals surface area contributed by atoms with Crippen molar-refractivity contribution < 1.29 is 36.3 Å². The Bertz CT molecular complexity index is 1500. The van der Waals surface area contributed by atoms with Gasteiger partial charge in [0.2, 0.25) is 0 Å². The lowest BCUT2D eigenvalue weighted by atomic mass is 10.1. The van der Waals surface area contributed by atoms with Crippen LogP contribution in [0.25, 0.3) is 0 Å². The van der Waals surface area contributed by atoms with Crippen LogP contribution in [-0.4, -0.2) is 57.8 Å². The topological polar surface area (TPSA) is 128 Å². The van der Waals surface area contributed by atoms with Gasteiger partial charge in [0.05, 0.1) is 16.3 Å². The van der Waals surface area contributed by atoms with Crippen LogP contribution in [0.3, 0.4) is 0 Å². The molecule has 0 atom stereocenters. The number of alkyl halides is 3. The number of carboxylic acid groups (broad SMARTS) is 1. The highest BCUT2D eigenvalue weighted by atomic mass is 32.2. The molecular weight excluding hydrogens is 573 g/mol. The summed E-state index contributed by atoms with van der Waals surface area (Å²) >= 11 is 0. The van der Waals surface area contributed by atoms with Gasteiger partial charge in [-0.3, -0.25) is 9.52 Å². The van der Waals surface area contributed by atoms with Crippen LogP contribution in [0.4, 0.5) is 24.5 Å². The van der Waals surface area contributed by atoms with Crippen molar-refractivity contribution >= 4 is 33.3 Å². The van der Waals surface area contributed by atoms with E-state index in [4.69, 9.17) is 9.90 Å². The number of halogens is 3. The third kappa shape index (κ3) is 8.70. The van der Waals surface area contributed by atoms with Crippen molar-refractivity contribution in [3.8, 4) is 0 Å². The molecule has 0 spiro atoms. The number of hydrogen-bond donors (Lipinski definition) is 4. The molecule has 13 heteroatoms. The zero-order valence-corrected chi connectivity index (χ0v) is 24.2. The van der Waals surface area contributed by atoms with Crippen molar-refractivity contribution in [2.24, 2.45) is 0 Å². The predicted octanol–water partition coefficient (Wildman–Crippen LogP) is 4.39. The SMILES string of the molecule is Cc1cc(C)c(S(=O)(=O)Nc2cc(C(=O)NCc3ccccc3)ccc2N2CCNCC2)c(C)c1.O=C(O)C(F)(F)F. The van der Waals surface area contributed by atoms with Gasteiger partial charge in [0, 0.05) is 38.3 Å². The van der Waals surface area contributed by atoms with E-state index in [1.54, 1.807) is 26.0 Å². The van der Waals surface area contributed by atoms with Gasteiger partial charge in [0.25, 0.3) is 15.9 Å². The van der Waals surface area contributed by atoms with Gasteiger partial charge >= 0.3 is 12.1 Å². The van der Waals surface area contributed by atoms with Gasteiger partial charge in [0.1, 0.15) is 0 Å². The molecule has 1 aliphatic rings. The number of hydrogen-bond acceptors (Lipinski definition) is 6. The summed E-state index contributed by atoms with van der Waals surface area (Å²) in [5, 5.41) is 13.4. The number of anilines is 2. The Morgan fingerprint density at radius 1 is 0.952 bits per heavy atom. The molecule has 1 fully saturated rings. The number of carbonyl (C=O) groups excluding carboxylic acids is 1. The highest BCUT2D eigenvalue weighted by Crippen LogP contribution is 2.32. The molecule has 0 aliphatic carbocycles. The largest absolute Gasteiger partial charge is 0.490 e. The summed E-state index contributed by atoms with van der Waals surface area (Å²) in [5.41, 5.74) is 4.94. The smallest absolute Gasteiger partial charge is 0.475 e. The Kier molecular flexibility index (Phi) is 10.6. The number of aliphatic carboxylic acids is 1. The first-order valence-corrected chi connectivity index (χ1v) is 14.5. The first-order chi connectivity index (χ1) is 19.7. The maximum Gasteiger partial charge on any atom is 0.490 e. The second kappa shape index (κ2) is 13.7. The number of aryl methyl sites for hydroxylation is 3. The molecule has 9 nitrogen and oxygen atoms in total. The van der Waals surface area contributed by atoms with E-state index in [1.807, 2.05) is 55.5 Å². The van der Waals surface area contributed by atoms with Gasteiger partial charge in [-0.25, -0.2) is 13.2 Å². The molecule has 1 aliphatic heterocycles. The normalized spacial score (nSPS) is 13.5. The van der Waals surface area contributed by atoms with Gasteiger partial charge in [-0.05, 0) is 55.7 Å². The fourth-order valence-corrected chi connectivity index (χ4v) is 6.13. The monoisotopic (exact) mass is 606 g/mol. The van der Waals surface area contributed by atoms with Gasteiger partial charge in [-0.1, -0.05) is 48.0 Å². The van der Waals surface area contributed by atoms with Gasteiger partial charge in [0.15, 0.2) is 0 Å². The summed E-state index contributed by atoms with van der Waals surface area (Å²) in [7, 11) is -3.87. The summed E-state index contributed by atoms with van der Waals surface area (Å²) in [5.74, 6) is -3.02. The van der Waals surface area contributed by atoms with Crippen molar-refractivity contribution in [3.63, 3.8) is 0 Å². The third-order valence-electron chi connectivity index (χ3n) is 6.37. The molecule has 3 aromatic carbocycles. The van der Waals surface area contributed by atoms with Crippen LogP contribution in [0.5, 0.6) is 0 Å². The van der Waals surface area contributed by atoms with E-state index in [2.05, 4.69) is 20.3 Å². The highest BCUT2D eigenvalue weighted by Gasteiger charge is 2.38. The molecule has 0 aromatic heterocycles. The van der Waals surface area contributed by atoms with Crippen LogP contribution in [0, 0.1) is 20.8 Å². The predicted molar refractivity (Wildman–Crippen MR) is 154 cm³/mol. The molecule has 42 heavy (non-hydrogen) atoms. The highest BCUT2D eigenvalue weighted by molar-refractivity contribution is 7.92. The van der Waals surface area contributed by atoms with E-state index in [-0.39, 0.29) is 10.8 Å². The lowest BCUT2D eigenvalue weighted by Crippen LogP contribution is -2.43. The van der Waals surface area contributed by atoms with Crippen LogP contribution in [0.1, 0.15) is 32.6 Å². The van der Waals surface area contributed by atoms with Crippen molar-refractivity contribution in [2.75, 3.05) is 35.8 Å². The fraction of sp³-hybridized carbons (Fsp3) is 0.310. The average Bonchev–Trinajstić information content (AvgIpc) is 2.91.